The van der Waals surface area contributed by atoms with E-state index >= 15 is 0 Å². The van der Waals surface area contributed by atoms with E-state index in [-0.39, 0.29) is 0 Å². The molecule has 2 aliphatic rings. The van der Waals surface area contributed by atoms with Gasteiger partial charge in [0.05, 0.1) is 0 Å². The van der Waals surface area contributed by atoms with Crippen molar-refractivity contribution in [2.75, 3.05) is 0 Å². The lowest BCUT2D eigenvalue weighted by Gasteiger charge is -2.05. The van der Waals surface area contributed by atoms with Crippen LogP contribution in [-0.4, -0.2) is 5.78 Å². The molecule has 0 unspecified atom stereocenters. The van der Waals surface area contributed by atoms with Crippen LogP contribution in [0.4, 0.5) is 0 Å². The van der Waals surface area contributed by atoms with Crippen LogP contribution in [-0.2, 0) is 4.79 Å². The maximum absolute atomic E-state index is 10.5. The number of hydrogen-bond acceptors (Lipinski definition) is 1. The van der Waals surface area contributed by atoms with Crippen molar-refractivity contribution < 1.29 is 4.79 Å². The SMILES string of the molecule is C1CCC1.O=C1CCCCC1. The number of ketones is 1. The highest BCUT2D eigenvalue weighted by molar-refractivity contribution is 5.78. The van der Waals surface area contributed by atoms with E-state index in [0.29, 0.717) is 5.78 Å². The van der Waals surface area contributed by atoms with Crippen molar-refractivity contribution >= 4 is 5.78 Å². The molecule has 0 aliphatic heterocycles. The monoisotopic (exact) mass is 154 g/mol. The maximum Gasteiger partial charge on any atom is 0.132 e. The van der Waals surface area contributed by atoms with Gasteiger partial charge in [0.2, 0.25) is 0 Å². The second kappa shape index (κ2) is 5.34. The first-order chi connectivity index (χ1) is 5.39. The molecule has 0 spiro atoms. The van der Waals surface area contributed by atoms with Crippen LogP contribution in [0.15, 0.2) is 0 Å². The summed E-state index contributed by atoms with van der Waals surface area (Å²) in [5.74, 6) is 0.464. The highest BCUT2D eigenvalue weighted by atomic mass is 16.1. The van der Waals surface area contributed by atoms with E-state index < -0.39 is 0 Å². The van der Waals surface area contributed by atoms with Crippen molar-refractivity contribution in [3.05, 3.63) is 0 Å². The molecule has 0 aromatic carbocycles. The first-order valence-electron chi connectivity index (χ1n) is 4.91. The summed E-state index contributed by atoms with van der Waals surface area (Å²) in [5.41, 5.74) is 0. The molecule has 1 nitrogen and oxygen atoms in total. The van der Waals surface area contributed by atoms with Gasteiger partial charge in [0.25, 0.3) is 0 Å². The average Bonchev–Trinajstić information content (AvgIpc) is 1.85. The lowest BCUT2D eigenvalue weighted by Crippen LogP contribution is -2.02. The lowest BCUT2D eigenvalue weighted by atomic mass is 10.00. The van der Waals surface area contributed by atoms with Crippen LogP contribution < -0.4 is 0 Å². The fourth-order valence-electron chi connectivity index (χ4n) is 1.20. The van der Waals surface area contributed by atoms with E-state index in [1.165, 1.54) is 32.1 Å². The van der Waals surface area contributed by atoms with Crippen molar-refractivity contribution in [2.24, 2.45) is 0 Å². The van der Waals surface area contributed by atoms with Crippen LogP contribution in [0.25, 0.3) is 0 Å². The van der Waals surface area contributed by atoms with E-state index in [9.17, 15) is 4.79 Å². The zero-order chi connectivity index (χ0) is 7.94. The molecule has 0 heterocycles. The molecular weight excluding hydrogens is 136 g/mol. The van der Waals surface area contributed by atoms with Gasteiger partial charge < -0.3 is 0 Å². The minimum Gasteiger partial charge on any atom is -0.300 e. The van der Waals surface area contributed by atoms with Crippen molar-refractivity contribution in [1.29, 1.82) is 0 Å². The zero-order valence-electron chi connectivity index (χ0n) is 7.27. The Balaban J connectivity index is 0.000000128. The molecule has 0 aromatic rings. The summed E-state index contributed by atoms with van der Waals surface area (Å²) in [4.78, 5) is 10.5. The predicted octanol–water partition coefficient (Wildman–Crippen LogP) is 3.08. The van der Waals surface area contributed by atoms with Crippen molar-refractivity contribution in [1.82, 2.24) is 0 Å². The Morgan fingerprint density at radius 2 is 1.00 bits per heavy atom. The Kier molecular flexibility index (Phi) is 4.25. The van der Waals surface area contributed by atoms with Crippen LogP contribution in [0, 0.1) is 0 Å². The van der Waals surface area contributed by atoms with Crippen molar-refractivity contribution in [2.45, 2.75) is 57.8 Å². The highest BCUT2D eigenvalue weighted by Crippen LogP contribution is 2.15. The molecule has 0 amide bonds. The molecule has 2 aliphatic carbocycles. The second-order valence-electron chi connectivity index (χ2n) is 3.51. The van der Waals surface area contributed by atoms with Crippen LogP contribution in [0.2, 0.25) is 0 Å². The number of carbonyl (C=O) groups is 1. The molecule has 64 valence electrons. The van der Waals surface area contributed by atoms with Gasteiger partial charge in [-0.25, -0.2) is 0 Å². The van der Waals surface area contributed by atoms with Gasteiger partial charge in [-0.3, -0.25) is 4.79 Å². The lowest BCUT2D eigenvalue weighted by molar-refractivity contribution is -0.120. The van der Waals surface area contributed by atoms with Gasteiger partial charge >= 0.3 is 0 Å². The Hall–Kier alpha value is -0.330. The average molecular weight is 154 g/mol. The van der Waals surface area contributed by atoms with E-state index in [0.717, 1.165) is 25.7 Å². The predicted molar refractivity (Wildman–Crippen MR) is 46.6 cm³/mol. The molecule has 0 atom stereocenters. The van der Waals surface area contributed by atoms with Gasteiger partial charge in [-0.15, -0.1) is 0 Å². The maximum atomic E-state index is 10.5. The van der Waals surface area contributed by atoms with Gasteiger partial charge in [0.1, 0.15) is 5.78 Å². The summed E-state index contributed by atoms with van der Waals surface area (Å²) >= 11 is 0. The zero-order valence-corrected chi connectivity index (χ0v) is 7.27. The third-order valence-electron chi connectivity index (χ3n) is 2.41. The molecule has 0 aromatic heterocycles. The summed E-state index contributed by atoms with van der Waals surface area (Å²) in [6.45, 7) is 0. The van der Waals surface area contributed by atoms with Gasteiger partial charge in [-0.05, 0) is 12.8 Å². The molecule has 0 saturated heterocycles. The van der Waals surface area contributed by atoms with Crippen LogP contribution in [0.1, 0.15) is 57.8 Å². The Morgan fingerprint density at radius 3 is 1.18 bits per heavy atom. The Morgan fingerprint density at radius 1 is 0.636 bits per heavy atom. The molecule has 0 N–H and O–H groups in total. The first kappa shape index (κ1) is 8.76. The largest absolute Gasteiger partial charge is 0.300 e. The smallest absolute Gasteiger partial charge is 0.132 e. The summed E-state index contributed by atoms with van der Waals surface area (Å²) in [5, 5.41) is 0. The topological polar surface area (TPSA) is 17.1 Å². The Bertz CT molecular complexity index is 102. The molecule has 0 radical (unpaired) electrons. The summed E-state index contributed by atoms with van der Waals surface area (Å²) in [6, 6.07) is 0. The molecule has 1 heteroatoms. The van der Waals surface area contributed by atoms with Crippen molar-refractivity contribution in [3.8, 4) is 0 Å². The van der Waals surface area contributed by atoms with Crippen LogP contribution >= 0.6 is 0 Å². The van der Waals surface area contributed by atoms with E-state index in [1.807, 2.05) is 0 Å². The van der Waals surface area contributed by atoms with E-state index in [4.69, 9.17) is 0 Å². The molecule has 0 bridgehead atoms. The van der Waals surface area contributed by atoms with E-state index in [2.05, 4.69) is 0 Å². The minimum absolute atomic E-state index is 0.464. The summed E-state index contributed by atoms with van der Waals surface area (Å²) in [6.07, 6.45) is 11.2. The third-order valence-corrected chi connectivity index (χ3v) is 2.41. The molecule has 2 fully saturated rings. The minimum atomic E-state index is 0.464. The van der Waals surface area contributed by atoms with Crippen LogP contribution in [0.5, 0.6) is 0 Å². The summed E-state index contributed by atoms with van der Waals surface area (Å²) < 4.78 is 0. The highest BCUT2D eigenvalue weighted by Gasteiger charge is 2.05. The normalized spacial score (nSPS) is 23.1. The molecule has 2 saturated carbocycles. The third kappa shape index (κ3) is 4.18. The molecule has 11 heavy (non-hydrogen) atoms. The van der Waals surface area contributed by atoms with Gasteiger partial charge in [0, 0.05) is 12.8 Å². The fraction of sp³-hybridized carbons (Fsp3) is 0.900. The van der Waals surface area contributed by atoms with Gasteiger partial charge in [-0.2, -0.15) is 0 Å². The number of carbonyl (C=O) groups excluding carboxylic acids is 1. The number of Topliss-reactive ketones (excluding diaryl/α,β-unsaturated/α-hetero) is 1. The quantitative estimate of drug-likeness (QED) is 0.524. The van der Waals surface area contributed by atoms with E-state index in [1.54, 1.807) is 0 Å². The van der Waals surface area contributed by atoms with Crippen molar-refractivity contribution in [3.63, 3.8) is 0 Å². The molecular formula is C10H18O. The number of rotatable bonds is 0. The fourth-order valence-corrected chi connectivity index (χ4v) is 1.20. The first-order valence-corrected chi connectivity index (χ1v) is 4.91. The number of hydrogen-bond donors (Lipinski definition) is 0. The van der Waals surface area contributed by atoms with Gasteiger partial charge in [0.15, 0.2) is 0 Å². The van der Waals surface area contributed by atoms with Crippen LogP contribution in [0.3, 0.4) is 0 Å². The second-order valence-corrected chi connectivity index (χ2v) is 3.51. The standard InChI is InChI=1S/C6H10O.C4H8/c7-6-4-2-1-3-5-6;1-2-4-3-1/h1-5H2;1-4H2. The Labute approximate surface area is 69.2 Å². The van der Waals surface area contributed by atoms with Gasteiger partial charge in [-0.1, -0.05) is 32.1 Å². The molecule has 2 rings (SSSR count). The summed E-state index contributed by atoms with van der Waals surface area (Å²) in [7, 11) is 0.